The Morgan fingerprint density at radius 2 is 1.50 bits per heavy atom. The van der Waals surface area contributed by atoms with Gasteiger partial charge in [0.05, 0.1) is 6.10 Å². The van der Waals surface area contributed by atoms with E-state index in [0.717, 1.165) is 0 Å². The third-order valence-corrected chi connectivity index (χ3v) is 7.07. The van der Waals surface area contributed by atoms with E-state index in [2.05, 4.69) is 0 Å². The normalized spacial score (nSPS) is 27.9. The summed E-state index contributed by atoms with van der Waals surface area (Å²) in [5, 5.41) is 9.10. The molecular formula is C5H12O7P2. The monoisotopic (exact) mass is 246 g/mol. The van der Waals surface area contributed by atoms with Gasteiger partial charge < -0.3 is 24.7 Å². The van der Waals surface area contributed by atoms with Gasteiger partial charge >= 0.3 is 15.2 Å². The molecule has 14 heavy (non-hydrogen) atoms. The molecule has 0 aromatic carbocycles. The molecular weight excluding hydrogens is 234 g/mol. The Bertz CT molecular complexity index is 292. The minimum atomic E-state index is -4.93. The molecule has 0 aromatic heterocycles. The Hall–Kier alpha value is 0.260. The van der Waals surface area contributed by atoms with Crippen LogP contribution in [0, 0.1) is 0 Å². The summed E-state index contributed by atoms with van der Waals surface area (Å²) in [5.74, 6) is 0. The van der Waals surface area contributed by atoms with Gasteiger partial charge in [-0.15, -0.1) is 0 Å². The van der Waals surface area contributed by atoms with Gasteiger partial charge in [-0.2, -0.15) is 0 Å². The van der Waals surface area contributed by atoms with Gasteiger partial charge in [0.2, 0.25) is 0 Å². The first-order valence-electron chi connectivity index (χ1n) is 3.89. The zero-order chi connectivity index (χ0) is 11.2. The molecule has 0 bridgehead atoms. The van der Waals surface area contributed by atoms with Gasteiger partial charge in [0, 0.05) is 6.42 Å². The lowest BCUT2D eigenvalue weighted by molar-refractivity contribution is 0.178. The third-order valence-electron chi connectivity index (χ3n) is 2.52. The number of aliphatic hydroxyl groups is 1. The van der Waals surface area contributed by atoms with Crippen LogP contribution in [-0.4, -0.2) is 35.7 Å². The summed E-state index contributed by atoms with van der Waals surface area (Å²) in [7, 11) is -9.85. The van der Waals surface area contributed by atoms with E-state index in [-0.39, 0.29) is 12.8 Å². The van der Waals surface area contributed by atoms with Crippen molar-refractivity contribution in [1.82, 2.24) is 0 Å². The van der Waals surface area contributed by atoms with Gasteiger partial charge in [0.1, 0.15) is 0 Å². The van der Waals surface area contributed by atoms with E-state index < -0.39 is 32.6 Å². The van der Waals surface area contributed by atoms with Crippen molar-refractivity contribution in [3.05, 3.63) is 0 Å². The Balaban J connectivity index is 3.19. The summed E-state index contributed by atoms with van der Waals surface area (Å²) in [4.78, 5) is 33.3. The Kier molecular flexibility index (Phi) is 2.98. The molecule has 1 unspecified atom stereocenters. The average molecular weight is 246 g/mol. The van der Waals surface area contributed by atoms with Gasteiger partial charge in [0.25, 0.3) is 0 Å². The van der Waals surface area contributed by atoms with E-state index in [0.29, 0.717) is 0 Å². The molecule has 1 atom stereocenters. The van der Waals surface area contributed by atoms with Crippen LogP contribution in [0.2, 0.25) is 0 Å². The summed E-state index contributed by atoms with van der Waals surface area (Å²) in [6, 6.07) is 0. The molecule has 9 heteroatoms. The van der Waals surface area contributed by atoms with E-state index >= 15 is 0 Å². The molecule has 0 saturated heterocycles. The van der Waals surface area contributed by atoms with Gasteiger partial charge in [-0.25, -0.2) is 0 Å². The fourth-order valence-corrected chi connectivity index (χ4v) is 4.77. The third kappa shape index (κ3) is 1.82. The second-order valence-corrected chi connectivity index (χ2v) is 7.71. The Morgan fingerprint density at radius 3 is 1.64 bits per heavy atom. The van der Waals surface area contributed by atoms with Crippen LogP contribution < -0.4 is 0 Å². The molecule has 1 aliphatic carbocycles. The topological polar surface area (TPSA) is 135 Å². The highest BCUT2D eigenvalue weighted by molar-refractivity contribution is 7.72. The van der Waals surface area contributed by atoms with E-state index in [1.165, 1.54) is 0 Å². The second-order valence-electron chi connectivity index (χ2n) is 3.47. The molecule has 0 amide bonds. The van der Waals surface area contributed by atoms with Crippen molar-refractivity contribution < 1.29 is 33.8 Å². The number of hydrogen-bond acceptors (Lipinski definition) is 3. The van der Waals surface area contributed by atoms with Crippen LogP contribution >= 0.6 is 15.2 Å². The van der Waals surface area contributed by atoms with Crippen molar-refractivity contribution in [3.8, 4) is 0 Å². The smallest absolute Gasteiger partial charge is 0.343 e. The first-order valence-corrected chi connectivity index (χ1v) is 7.12. The van der Waals surface area contributed by atoms with Crippen molar-refractivity contribution in [1.29, 1.82) is 0 Å². The van der Waals surface area contributed by atoms with Gasteiger partial charge in [-0.1, -0.05) is 0 Å². The molecule has 1 fully saturated rings. The second kappa shape index (κ2) is 3.39. The van der Waals surface area contributed by atoms with E-state index in [1.807, 2.05) is 0 Å². The van der Waals surface area contributed by atoms with E-state index in [9.17, 15) is 9.13 Å². The van der Waals surface area contributed by atoms with Crippen molar-refractivity contribution in [2.45, 2.75) is 30.3 Å². The lowest BCUT2D eigenvalue weighted by atomic mass is 10.3. The van der Waals surface area contributed by atoms with Crippen LogP contribution in [0.4, 0.5) is 0 Å². The maximum atomic E-state index is 11.0. The molecule has 5 N–H and O–H groups in total. The summed E-state index contributed by atoms with van der Waals surface area (Å²) in [5.41, 5.74) is 0. The molecule has 0 spiro atoms. The number of rotatable bonds is 2. The minimum absolute atomic E-state index is 0.00375. The van der Waals surface area contributed by atoms with Gasteiger partial charge in [-0.3, -0.25) is 9.13 Å². The molecule has 0 radical (unpaired) electrons. The Labute approximate surface area is 80.1 Å². The van der Waals surface area contributed by atoms with Crippen LogP contribution in [0.5, 0.6) is 0 Å². The molecule has 1 saturated carbocycles. The van der Waals surface area contributed by atoms with Gasteiger partial charge in [0.15, 0.2) is 4.90 Å². The van der Waals surface area contributed by atoms with Crippen molar-refractivity contribution >= 4 is 15.2 Å². The summed E-state index contributed by atoms with van der Waals surface area (Å²) in [6.45, 7) is 0. The van der Waals surface area contributed by atoms with E-state index in [4.69, 9.17) is 24.7 Å². The minimum Gasteiger partial charge on any atom is -0.393 e. The van der Waals surface area contributed by atoms with Crippen molar-refractivity contribution in [3.63, 3.8) is 0 Å². The average Bonchev–Trinajstić information content (AvgIpc) is 2.28. The summed E-state index contributed by atoms with van der Waals surface area (Å²) < 4.78 is 22.1. The van der Waals surface area contributed by atoms with Crippen molar-refractivity contribution in [2.24, 2.45) is 0 Å². The highest BCUT2D eigenvalue weighted by Crippen LogP contribution is 2.74. The molecule has 1 aliphatic rings. The molecule has 0 aliphatic heterocycles. The number of aliphatic hydroxyl groups excluding tert-OH is 1. The van der Waals surface area contributed by atoms with Crippen LogP contribution in [0.25, 0.3) is 0 Å². The summed E-state index contributed by atoms with van der Waals surface area (Å²) in [6.07, 6.45) is -1.98. The van der Waals surface area contributed by atoms with Gasteiger partial charge in [-0.05, 0) is 12.8 Å². The molecule has 1 rings (SSSR count). The molecule has 84 valence electrons. The predicted molar refractivity (Wildman–Crippen MR) is 46.7 cm³/mol. The lowest BCUT2D eigenvalue weighted by Crippen LogP contribution is -2.26. The maximum Gasteiger partial charge on any atom is 0.343 e. The SMILES string of the molecule is O=P(O)(O)C1(P(=O)(O)O)CCC(O)C1. The largest absolute Gasteiger partial charge is 0.393 e. The zero-order valence-corrected chi connectivity index (χ0v) is 8.93. The van der Waals surface area contributed by atoms with Crippen molar-refractivity contribution in [2.75, 3.05) is 0 Å². The first-order chi connectivity index (χ1) is 6.10. The molecule has 0 aromatic rings. The lowest BCUT2D eigenvalue weighted by Gasteiger charge is -2.30. The molecule has 7 nitrogen and oxygen atoms in total. The summed E-state index contributed by atoms with van der Waals surface area (Å²) >= 11 is 0. The predicted octanol–water partition coefficient (Wildman–Crippen LogP) is -0.417. The van der Waals surface area contributed by atoms with Crippen LogP contribution in [0.15, 0.2) is 0 Å². The van der Waals surface area contributed by atoms with Crippen LogP contribution in [0.1, 0.15) is 19.3 Å². The highest BCUT2D eigenvalue weighted by Gasteiger charge is 2.63. The van der Waals surface area contributed by atoms with E-state index in [1.54, 1.807) is 0 Å². The molecule has 0 heterocycles. The standard InChI is InChI=1S/C5H12O7P2/c6-4-1-2-5(3-4,13(7,8)9)14(10,11)12/h4,6H,1-3H2,(H2,7,8,9)(H2,10,11,12). The maximum absolute atomic E-state index is 11.0. The Morgan fingerprint density at radius 1 is 1.07 bits per heavy atom. The highest BCUT2D eigenvalue weighted by atomic mass is 31.2. The first kappa shape index (κ1) is 12.3. The van der Waals surface area contributed by atoms with Crippen LogP contribution in [0.3, 0.4) is 0 Å². The quantitative estimate of drug-likeness (QED) is 0.417. The number of hydrogen-bond donors (Lipinski definition) is 5. The zero-order valence-electron chi connectivity index (χ0n) is 7.15. The van der Waals surface area contributed by atoms with Crippen LogP contribution in [-0.2, 0) is 9.13 Å². The fraction of sp³-hybridized carbons (Fsp3) is 1.00. The fourth-order valence-electron chi connectivity index (χ4n) is 1.68.